The maximum atomic E-state index is 13.2. The Morgan fingerprint density at radius 1 is 0.875 bits per heavy atom. The fraction of sp³-hybridized carbons (Fsp3) is 0.0500. The summed E-state index contributed by atoms with van der Waals surface area (Å²) in [6.07, 6.45) is 0.657. The van der Waals surface area contributed by atoms with Crippen molar-refractivity contribution in [2.24, 2.45) is 5.10 Å². The van der Waals surface area contributed by atoms with Gasteiger partial charge in [-0.1, -0.05) is 54.6 Å². The Bertz CT molecular complexity index is 830. The zero-order valence-corrected chi connectivity index (χ0v) is 14.5. The molecule has 0 amide bonds. The van der Waals surface area contributed by atoms with E-state index in [4.69, 9.17) is 0 Å². The molecule has 0 atom stereocenters. The molecule has 0 aliphatic heterocycles. The zero-order valence-electron chi connectivity index (χ0n) is 12.9. The van der Waals surface area contributed by atoms with Crippen LogP contribution in [0.25, 0.3) is 0 Å². The highest BCUT2D eigenvalue weighted by molar-refractivity contribution is 9.10. The molecule has 24 heavy (non-hydrogen) atoms. The van der Waals surface area contributed by atoms with Gasteiger partial charge in [-0.15, -0.1) is 0 Å². The van der Waals surface area contributed by atoms with E-state index in [1.165, 1.54) is 12.1 Å². The first-order valence-corrected chi connectivity index (χ1v) is 8.38. The number of hydrazone groups is 1. The van der Waals surface area contributed by atoms with Crippen molar-refractivity contribution in [3.05, 3.63) is 100 Å². The number of halogens is 2. The van der Waals surface area contributed by atoms with Gasteiger partial charge in [0.15, 0.2) is 0 Å². The van der Waals surface area contributed by atoms with Crippen molar-refractivity contribution >= 4 is 27.3 Å². The number of benzene rings is 3. The van der Waals surface area contributed by atoms with E-state index in [2.05, 4.69) is 38.6 Å². The second-order valence-corrected chi connectivity index (χ2v) is 6.17. The van der Waals surface area contributed by atoms with E-state index in [1.807, 2.05) is 42.5 Å². The Kier molecular flexibility index (Phi) is 5.39. The van der Waals surface area contributed by atoms with E-state index >= 15 is 0 Å². The molecule has 3 aromatic rings. The summed E-state index contributed by atoms with van der Waals surface area (Å²) in [5, 5.41) is 4.56. The van der Waals surface area contributed by atoms with E-state index in [1.54, 1.807) is 12.1 Å². The van der Waals surface area contributed by atoms with Crippen molar-refractivity contribution in [3.63, 3.8) is 0 Å². The van der Waals surface area contributed by atoms with Crippen LogP contribution in [0.1, 0.15) is 11.1 Å². The molecule has 0 unspecified atom stereocenters. The van der Waals surface area contributed by atoms with Gasteiger partial charge in [-0.25, -0.2) is 4.39 Å². The normalized spacial score (nSPS) is 11.3. The molecule has 0 saturated carbocycles. The Morgan fingerprint density at radius 2 is 1.54 bits per heavy atom. The topological polar surface area (TPSA) is 24.4 Å². The first-order valence-electron chi connectivity index (χ1n) is 7.59. The first-order chi connectivity index (χ1) is 11.7. The largest absolute Gasteiger partial charge is 0.277 e. The maximum absolute atomic E-state index is 13.2. The van der Waals surface area contributed by atoms with Gasteiger partial charge in [0.1, 0.15) is 5.82 Å². The molecule has 0 saturated heterocycles. The lowest BCUT2D eigenvalue weighted by atomic mass is 10.0. The van der Waals surface area contributed by atoms with Crippen molar-refractivity contribution < 1.29 is 4.39 Å². The number of anilines is 1. The fourth-order valence-corrected chi connectivity index (χ4v) is 2.69. The third-order valence-corrected chi connectivity index (χ3v) is 4.27. The minimum absolute atomic E-state index is 0.253. The molecule has 4 heteroatoms. The molecule has 0 heterocycles. The van der Waals surface area contributed by atoms with Gasteiger partial charge in [-0.2, -0.15) is 5.10 Å². The van der Waals surface area contributed by atoms with Gasteiger partial charge in [-0.3, -0.25) is 5.43 Å². The van der Waals surface area contributed by atoms with Crippen LogP contribution in [-0.4, -0.2) is 5.71 Å². The first kappa shape index (κ1) is 16.4. The van der Waals surface area contributed by atoms with Gasteiger partial charge >= 0.3 is 0 Å². The molecule has 0 radical (unpaired) electrons. The van der Waals surface area contributed by atoms with Crippen LogP contribution in [0.3, 0.4) is 0 Å². The third kappa shape index (κ3) is 4.30. The summed E-state index contributed by atoms with van der Waals surface area (Å²) in [6.45, 7) is 0. The minimum atomic E-state index is -0.253. The molecule has 2 nitrogen and oxygen atoms in total. The standard InChI is InChI=1S/C20H16BrFN2/c21-18-8-4-5-9-19(18)23-24-20(14-15-6-2-1-3-7-15)16-10-12-17(22)13-11-16/h1-13,23H,14H2/b24-20+. The summed E-state index contributed by atoms with van der Waals surface area (Å²) in [5.41, 5.74) is 6.85. The Morgan fingerprint density at radius 3 is 2.25 bits per heavy atom. The van der Waals surface area contributed by atoms with E-state index in [0.29, 0.717) is 6.42 Å². The molecular formula is C20H16BrFN2. The second kappa shape index (κ2) is 7.88. The molecule has 0 spiro atoms. The molecule has 1 N–H and O–H groups in total. The summed E-state index contributed by atoms with van der Waals surface area (Å²) in [4.78, 5) is 0. The average Bonchev–Trinajstić information content (AvgIpc) is 2.61. The molecule has 0 fully saturated rings. The molecule has 120 valence electrons. The summed E-state index contributed by atoms with van der Waals surface area (Å²) in [7, 11) is 0. The van der Waals surface area contributed by atoms with Crippen molar-refractivity contribution in [1.29, 1.82) is 0 Å². The van der Waals surface area contributed by atoms with Crippen molar-refractivity contribution in [1.82, 2.24) is 0 Å². The lowest BCUT2D eigenvalue weighted by Gasteiger charge is -2.09. The molecular weight excluding hydrogens is 367 g/mol. The Hall–Kier alpha value is -2.46. The molecule has 0 aliphatic carbocycles. The number of hydrogen-bond acceptors (Lipinski definition) is 2. The zero-order chi connectivity index (χ0) is 16.8. The average molecular weight is 383 g/mol. The van der Waals surface area contributed by atoms with E-state index in [0.717, 1.165) is 27.0 Å². The van der Waals surface area contributed by atoms with Crippen LogP contribution in [0.15, 0.2) is 88.4 Å². The van der Waals surface area contributed by atoms with Crippen LogP contribution in [0.5, 0.6) is 0 Å². The van der Waals surface area contributed by atoms with Gasteiger partial charge in [-0.05, 0) is 51.3 Å². The predicted octanol–water partition coefficient (Wildman–Crippen LogP) is 5.65. The van der Waals surface area contributed by atoms with Gasteiger partial charge in [0.2, 0.25) is 0 Å². The van der Waals surface area contributed by atoms with Crippen LogP contribution < -0.4 is 5.43 Å². The fourth-order valence-electron chi connectivity index (χ4n) is 2.32. The van der Waals surface area contributed by atoms with Crippen LogP contribution in [0.4, 0.5) is 10.1 Å². The van der Waals surface area contributed by atoms with Gasteiger partial charge in [0.05, 0.1) is 11.4 Å². The van der Waals surface area contributed by atoms with Gasteiger partial charge in [0.25, 0.3) is 0 Å². The number of para-hydroxylation sites is 1. The molecule has 0 aromatic heterocycles. The van der Waals surface area contributed by atoms with Crippen LogP contribution in [0.2, 0.25) is 0 Å². The lowest BCUT2D eigenvalue weighted by molar-refractivity contribution is 0.628. The number of rotatable bonds is 5. The molecule has 3 aromatic carbocycles. The minimum Gasteiger partial charge on any atom is -0.277 e. The van der Waals surface area contributed by atoms with E-state index in [-0.39, 0.29) is 5.82 Å². The van der Waals surface area contributed by atoms with Crippen molar-refractivity contribution in [2.45, 2.75) is 6.42 Å². The summed E-state index contributed by atoms with van der Waals surface area (Å²) >= 11 is 3.50. The van der Waals surface area contributed by atoms with E-state index in [9.17, 15) is 4.39 Å². The van der Waals surface area contributed by atoms with Crippen LogP contribution >= 0.6 is 15.9 Å². The van der Waals surface area contributed by atoms with Crippen LogP contribution in [0, 0.1) is 5.82 Å². The van der Waals surface area contributed by atoms with E-state index < -0.39 is 0 Å². The van der Waals surface area contributed by atoms with Crippen LogP contribution in [-0.2, 0) is 6.42 Å². The summed E-state index contributed by atoms with van der Waals surface area (Å²) in [5.74, 6) is -0.253. The molecule has 0 aliphatic rings. The second-order valence-electron chi connectivity index (χ2n) is 5.32. The van der Waals surface area contributed by atoms with Gasteiger partial charge < -0.3 is 0 Å². The number of nitrogens with one attached hydrogen (secondary N) is 1. The Balaban J connectivity index is 1.90. The quantitative estimate of drug-likeness (QED) is 0.447. The summed E-state index contributed by atoms with van der Waals surface area (Å²) in [6, 6.07) is 24.3. The molecule has 0 bridgehead atoms. The number of hydrogen-bond donors (Lipinski definition) is 1. The SMILES string of the molecule is Fc1ccc(/C(Cc2ccccc2)=N/Nc2ccccc2Br)cc1. The highest BCUT2D eigenvalue weighted by atomic mass is 79.9. The smallest absolute Gasteiger partial charge is 0.123 e. The predicted molar refractivity (Wildman–Crippen MR) is 101 cm³/mol. The maximum Gasteiger partial charge on any atom is 0.123 e. The Labute approximate surface area is 149 Å². The van der Waals surface area contributed by atoms with Gasteiger partial charge in [0, 0.05) is 10.9 Å². The number of nitrogens with zero attached hydrogens (tertiary/aromatic N) is 1. The van der Waals surface area contributed by atoms with Crippen molar-refractivity contribution in [3.8, 4) is 0 Å². The van der Waals surface area contributed by atoms with Crippen molar-refractivity contribution in [2.75, 3.05) is 5.43 Å². The third-order valence-electron chi connectivity index (χ3n) is 3.58. The highest BCUT2D eigenvalue weighted by Crippen LogP contribution is 2.21. The molecule has 3 rings (SSSR count). The highest BCUT2D eigenvalue weighted by Gasteiger charge is 2.07. The lowest BCUT2D eigenvalue weighted by Crippen LogP contribution is -2.08. The summed E-state index contributed by atoms with van der Waals surface area (Å²) < 4.78 is 14.2. The monoisotopic (exact) mass is 382 g/mol.